The van der Waals surface area contributed by atoms with Crippen LogP contribution in [0.15, 0.2) is 24.3 Å². The number of nitrogens with two attached hydrogens (primary N) is 1. The number of likely N-dealkylation sites (tertiary alicyclic amines) is 1. The predicted molar refractivity (Wildman–Crippen MR) is 101 cm³/mol. The van der Waals surface area contributed by atoms with Crippen LogP contribution in [0.4, 0.5) is 4.79 Å². The first-order valence-corrected chi connectivity index (χ1v) is 8.89. The lowest BCUT2D eigenvalue weighted by Crippen LogP contribution is -2.68. The van der Waals surface area contributed by atoms with Gasteiger partial charge in [-0.25, -0.2) is 14.5 Å². The summed E-state index contributed by atoms with van der Waals surface area (Å²) in [6, 6.07) is 5.47. The van der Waals surface area contributed by atoms with E-state index in [2.05, 4.69) is 10.6 Å². The fourth-order valence-corrected chi connectivity index (χ4v) is 3.08. The number of benzene rings is 1. The minimum atomic E-state index is -1.21. The second-order valence-corrected chi connectivity index (χ2v) is 6.41. The van der Waals surface area contributed by atoms with E-state index in [0.29, 0.717) is 25.8 Å². The normalized spacial score (nSPS) is 18.2. The first kappa shape index (κ1) is 21.0. The van der Waals surface area contributed by atoms with Crippen molar-refractivity contribution in [2.24, 2.45) is 11.7 Å². The number of urea groups is 1. The van der Waals surface area contributed by atoms with E-state index in [1.807, 2.05) is 24.3 Å². The van der Waals surface area contributed by atoms with Crippen molar-refractivity contribution in [2.45, 2.75) is 25.3 Å². The number of nitrogens with zero attached hydrogens (tertiary/aromatic N) is 1. The number of carbonyl (C=O) groups excluding carboxylic acids is 2. The first-order valence-electron chi connectivity index (χ1n) is 8.89. The molecule has 6 N–H and O–H groups in total. The number of carboxylic acids is 1. The van der Waals surface area contributed by atoms with Crippen molar-refractivity contribution in [2.75, 3.05) is 20.2 Å². The Bertz CT molecular complexity index is 736. The van der Waals surface area contributed by atoms with Crippen molar-refractivity contribution in [1.29, 1.82) is 5.41 Å². The molecule has 152 valence electrons. The van der Waals surface area contributed by atoms with Crippen LogP contribution in [-0.4, -0.2) is 60.1 Å². The van der Waals surface area contributed by atoms with E-state index in [4.69, 9.17) is 15.9 Å². The van der Waals surface area contributed by atoms with Crippen molar-refractivity contribution in [3.05, 3.63) is 29.8 Å². The number of hydrogen-bond acceptors (Lipinski definition) is 5. The minimum absolute atomic E-state index is 0.187. The molecule has 2 atom stereocenters. The molecule has 1 aromatic carbocycles. The molecule has 2 rings (SSSR count). The van der Waals surface area contributed by atoms with E-state index in [9.17, 15) is 19.5 Å². The number of ether oxygens (including phenoxy) is 1. The number of β-lactam (4-membered cyclic amide) rings is 1. The molecule has 28 heavy (non-hydrogen) atoms. The number of nitrogens with one attached hydrogen (secondary N) is 3. The third kappa shape index (κ3) is 5.12. The van der Waals surface area contributed by atoms with Crippen LogP contribution in [0.25, 0.3) is 0 Å². The van der Waals surface area contributed by atoms with Gasteiger partial charge in [-0.1, -0.05) is 12.1 Å². The van der Waals surface area contributed by atoms with Gasteiger partial charge in [-0.15, -0.1) is 0 Å². The summed E-state index contributed by atoms with van der Waals surface area (Å²) in [6.45, 7) is 0.633. The number of methoxy groups -OCH3 is 1. The van der Waals surface area contributed by atoms with E-state index in [0.717, 1.165) is 16.2 Å². The number of amides is 3. The van der Waals surface area contributed by atoms with Crippen LogP contribution in [0.3, 0.4) is 0 Å². The van der Waals surface area contributed by atoms with Gasteiger partial charge in [-0.05, 0) is 37.0 Å². The van der Waals surface area contributed by atoms with Crippen LogP contribution >= 0.6 is 0 Å². The smallest absolute Gasteiger partial charge is 0.327 e. The van der Waals surface area contributed by atoms with Crippen LogP contribution < -0.4 is 21.1 Å². The van der Waals surface area contributed by atoms with Gasteiger partial charge in [0.25, 0.3) is 0 Å². The number of imide groups is 1. The van der Waals surface area contributed by atoms with Crippen LogP contribution in [0, 0.1) is 11.3 Å². The van der Waals surface area contributed by atoms with Gasteiger partial charge in [0.2, 0.25) is 5.91 Å². The van der Waals surface area contributed by atoms with Gasteiger partial charge in [0, 0.05) is 13.1 Å². The summed E-state index contributed by atoms with van der Waals surface area (Å²) in [5.41, 5.74) is 6.14. The Morgan fingerprint density at radius 3 is 2.50 bits per heavy atom. The molecule has 0 aliphatic carbocycles. The van der Waals surface area contributed by atoms with Gasteiger partial charge < -0.3 is 26.2 Å². The molecule has 10 heteroatoms. The zero-order valence-electron chi connectivity index (χ0n) is 15.6. The maximum Gasteiger partial charge on any atom is 0.327 e. The molecule has 1 fully saturated rings. The molecule has 1 aliphatic heterocycles. The quantitative estimate of drug-likeness (QED) is 0.173. The molecule has 1 aliphatic rings. The molecule has 1 saturated heterocycles. The van der Waals surface area contributed by atoms with Crippen LogP contribution in [0.5, 0.6) is 5.75 Å². The van der Waals surface area contributed by atoms with Crippen LogP contribution in [0.2, 0.25) is 0 Å². The number of hydrogen-bond donors (Lipinski definition) is 5. The number of carbonyl (C=O) groups is 3. The Kier molecular flexibility index (Phi) is 7.19. The predicted octanol–water partition coefficient (Wildman–Crippen LogP) is 0.122. The topological polar surface area (TPSA) is 158 Å². The lowest BCUT2D eigenvalue weighted by atomic mass is 9.84. The van der Waals surface area contributed by atoms with Crippen LogP contribution in [-0.2, 0) is 16.0 Å². The average molecular weight is 391 g/mol. The largest absolute Gasteiger partial charge is 0.497 e. The first-order chi connectivity index (χ1) is 13.3. The van der Waals surface area contributed by atoms with E-state index in [-0.39, 0.29) is 12.5 Å². The highest BCUT2D eigenvalue weighted by Gasteiger charge is 2.54. The van der Waals surface area contributed by atoms with Crippen molar-refractivity contribution >= 4 is 23.9 Å². The second-order valence-electron chi connectivity index (χ2n) is 6.41. The maximum absolute atomic E-state index is 12.3. The highest BCUT2D eigenvalue weighted by molar-refractivity contribution is 6.07. The molecule has 0 spiro atoms. The monoisotopic (exact) mass is 391 g/mol. The molecule has 0 bridgehead atoms. The molecule has 3 amide bonds. The summed E-state index contributed by atoms with van der Waals surface area (Å²) in [7, 11) is 1.57. The highest BCUT2D eigenvalue weighted by Crippen LogP contribution is 2.30. The van der Waals surface area contributed by atoms with Crippen molar-refractivity contribution < 1.29 is 24.2 Å². The summed E-state index contributed by atoms with van der Waals surface area (Å²) in [6.07, 6.45) is 1.30. The Morgan fingerprint density at radius 2 is 1.93 bits per heavy atom. The molecular weight excluding hydrogens is 366 g/mol. The number of aliphatic carboxylic acids is 1. The summed E-state index contributed by atoms with van der Waals surface area (Å²) < 4.78 is 5.08. The van der Waals surface area contributed by atoms with Crippen molar-refractivity contribution in [1.82, 2.24) is 15.5 Å². The molecular formula is C18H25N5O5. The SMILES string of the molecule is COc1ccc(CCNC(=O)N2C(=O)[C@H](CCCNC(=N)N)[C@H]2C(=O)O)cc1. The van der Waals surface area contributed by atoms with E-state index in [1.165, 1.54) is 0 Å². The minimum Gasteiger partial charge on any atom is -0.497 e. The van der Waals surface area contributed by atoms with Crippen molar-refractivity contribution in [3.63, 3.8) is 0 Å². The molecule has 0 saturated carbocycles. The zero-order chi connectivity index (χ0) is 20.7. The van der Waals surface area contributed by atoms with Gasteiger partial charge in [0.15, 0.2) is 12.0 Å². The van der Waals surface area contributed by atoms with Gasteiger partial charge in [-0.3, -0.25) is 10.2 Å². The number of guanidine groups is 1. The average Bonchev–Trinajstić information content (AvgIpc) is 2.65. The van der Waals surface area contributed by atoms with Gasteiger partial charge in [0.05, 0.1) is 13.0 Å². The summed E-state index contributed by atoms with van der Waals surface area (Å²) in [5, 5.41) is 21.6. The summed E-state index contributed by atoms with van der Waals surface area (Å²) in [5.74, 6) is -1.93. The van der Waals surface area contributed by atoms with Gasteiger partial charge in [-0.2, -0.15) is 0 Å². The highest BCUT2D eigenvalue weighted by atomic mass is 16.5. The summed E-state index contributed by atoms with van der Waals surface area (Å²) in [4.78, 5) is 36.8. The molecule has 0 unspecified atom stereocenters. The Labute approximate surface area is 162 Å². The van der Waals surface area contributed by atoms with Crippen LogP contribution in [0.1, 0.15) is 18.4 Å². The number of carboxylic acid groups (broad SMARTS) is 1. The van der Waals surface area contributed by atoms with E-state index < -0.39 is 29.9 Å². The zero-order valence-corrected chi connectivity index (χ0v) is 15.6. The summed E-state index contributed by atoms with van der Waals surface area (Å²) >= 11 is 0. The third-order valence-corrected chi connectivity index (χ3v) is 4.54. The fraction of sp³-hybridized carbons (Fsp3) is 0.444. The standard InChI is InChI=1S/C18H25N5O5/c1-28-12-6-4-11(5-7-12)8-10-22-18(27)23-14(16(25)26)13(15(23)24)3-2-9-21-17(19)20/h4-7,13-14H,2-3,8-10H2,1H3,(H,22,27)(H,25,26)(H4,19,20,21)/t13-,14+/m1/s1. The number of rotatable bonds is 9. The van der Waals surface area contributed by atoms with E-state index in [1.54, 1.807) is 7.11 Å². The molecule has 10 nitrogen and oxygen atoms in total. The van der Waals surface area contributed by atoms with Crippen molar-refractivity contribution in [3.8, 4) is 5.75 Å². The Morgan fingerprint density at radius 1 is 1.25 bits per heavy atom. The Hall–Kier alpha value is -3.30. The van der Waals surface area contributed by atoms with E-state index >= 15 is 0 Å². The van der Waals surface area contributed by atoms with Gasteiger partial charge in [0.1, 0.15) is 5.75 Å². The molecule has 1 aromatic rings. The van der Waals surface area contributed by atoms with Gasteiger partial charge >= 0.3 is 12.0 Å². The maximum atomic E-state index is 12.3. The second kappa shape index (κ2) is 9.58. The Balaban J connectivity index is 1.83. The fourth-order valence-electron chi connectivity index (χ4n) is 3.08. The molecule has 1 heterocycles. The molecule has 0 radical (unpaired) electrons. The lowest BCUT2D eigenvalue weighted by Gasteiger charge is -2.42. The lowest BCUT2D eigenvalue weighted by molar-refractivity contribution is -0.166. The molecule has 0 aromatic heterocycles. The third-order valence-electron chi connectivity index (χ3n) is 4.54.